The van der Waals surface area contributed by atoms with Crippen LogP contribution in [0.25, 0.3) is 0 Å². The van der Waals surface area contributed by atoms with Crippen LogP contribution in [0.1, 0.15) is 46.8 Å². The highest BCUT2D eigenvalue weighted by atomic mass is 32.2. The zero-order valence-electron chi connectivity index (χ0n) is 14.7. The first kappa shape index (κ1) is 17.7. The van der Waals surface area contributed by atoms with E-state index >= 15 is 0 Å². The number of carbonyl (C=O) groups excluding carboxylic acids is 2. The summed E-state index contributed by atoms with van der Waals surface area (Å²) >= 11 is 0. The molecule has 0 radical (unpaired) electrons. The summed E-state index contributed by atoms with van der Waals surface area (Å²) in [6.07, 6.45) is 2.93. The van der Waals surface area contributed by atoms with Gasteiger partial charge in [-0.2, -0.15) is 0 Å². The summed E-state index contributed by atoms with van der Waals surface area (Å²) < 4.78 is 24.8. The molecule has 1 atom stereocenters. The molecule has 1 heterocycles. The number of fused-ring (bicyclic) bond motifs is 1. The maximum Gasteiger partial charge on any atom is 0.251 e. The summed E-state index contributed by atoms with van der Waals surface area (Å²) in [7, 11) is -3.60. The Labute approximate surface area is 158 Å². The Morgan fingerprint density at radius 1 is 1.04 bits per heavy atom. The van der Waals surface area contributed by atoms with Crippen LogP contribution in [0.3, 0.4) is 0 Å². The largest absolute Gasteiger partial charge is 0.345 e. The van der Waals surface area contributed by atoms with Crippen LogP contribution < -0.4 is 9.62 Å². The number of nitrogens with zero attached hydrogens (tertiary/aromatic N) is 1. The van der Waals surface area contributed by atoms with E-state index in [9.17, 15) is 18.0 Å². The monoisotopic (exact) mass is 384 g/mol. The average Bonchev–Trinajstić information content (AvgIpc) is 2.95. The van der Waals surface area contributed by atoms with Gasteiger partial charge in [-0.05, 0) is 54.7 Å². The molecule has 1 aliphatic heterocycles. The molecule has 1 N–H and O–H groups in total. The smallest absolute Gasteiger partial charge is 0.251 e. The Hall–Kier alpha value is -2.67. The topological polar surface area (TPSA) is 83.6 Å². The molecule has 0 aromatic heterocycles. The summed E-state index contributed by atoms with van der Waals surface area (Å²) in [5.41, 5.74) is 3.13. The lowest BCUT2D eigenvalue weighted by Crippen LogP contribution is -2.31. The Bertz CT molecular complexity index is 999. The van der Waals surface area contributed by atoms with E-state index in [4.69, 9.17) is 0 Å². The van der Waals surface area contributed by atoms with Gasteiger partial charge < -0.3 is 5.32 Å². The van der Waals surface area contributed by atoms with Crippen LogP contribution in [0.15, 0.2) is 48.5 Å². The summed E-state index contributed by atoms with van der Waals surface area (Å²) in [5.74, 6) is -0.820. The van der Waals surface area contributed by atoms with Crippen molar-refractivity contribution in [2.45, 2.75) is 31.7 Å². The second-order valence-electron chi connectivity index (χ2n) is 6.89. The second-order valence-corrected chi connectivity index (χ2v) is 8.83. The van der Waals surface area contributed by atoms with E-state index in [2.05, 4.69) is 11.4 Å². The van der Waals surface area contributed by atoms with Crippen molar-refractivity contribution in [2.24, 2.45) is 0 Å². The minimum Gasteiger partial charge on any atom is -0.345 e. The van der Waals surface area contributed by atoms with Crippen LogP contribution in [0.4, 0.5) is 5.69 Å². The summed E-state index contributed by atoms with van der Waals surface area (Å²) in [4.78, 5) is 24.5. The third-order valence-electron chi connectivity index (χ3n) is 5.12. The standard InChI is InChI=1S/C20H20N2O4S/c23-19-12-13-27(25,26)22(19)16-10-8-15(9-11-16)20(24)21-18-7-3-5-14-4-1-2-6-17(14)18/h1-2,4,6,8-11,18H,3,5,7,12-13H2,(H,21,24). The fraction of sp³-hybridized carbons (Fsp3) is 0.300. The molecular weight excluding hydrogens is 364 g/mol. The van der Waals surface area contributed by atoms with Crippen molar-refractivity contribution in [3.05, 3.63) is 65.2 Å². The molecule has 2 aromatic rings. The quantitative estimate of drug-likeness (QED) is 0.882. The molecule has 2 amide bonds. The minimum absolute atomic E-state index is 0.00827. The predicted octanol–water partition coefficient (Wildman–Crippen LogP) is 2.56. The Morgan fingerprint density at radius 2 is 1.78 bits per heavy atom. The fourth-order valence-corrected chi connectivity index (χ4v) is 5.22. The van der Waals surface area contributed by atoms with Gasteiger partial charge in [0.15, 0.2) is 0 Å². The van der Waals surface area contributed by atoms with Crippen molar-refractivity contribution in [1.29, 1.82) is 0 Å². The SMILES string of the molecule is O=C(NC1CCCc2ccccc21)c1ccc(N2C(=O)CCS2(=O)=O)cc1. The second kappa shape index (κ2) is 6.81. The molecule has 7 heteroatoms. The number of aryl methyl sites for hydroxylation is 1. The molecule has 0 bridgehead atoms. The molecule has 1 aliphatic carbocycles. The summed E-state index contributed by atoms with van der Waals surface area (Å²) in [6, 6.07) is 14.2. The normalized spacial score (nSPS) is 21.0. The molecule has 0 spiro atoms. The maximum absolute atomic E-state index is 12.6. The highest BCUT2D eigenvalue weighted by Gasteiger charge is 2.36. The van der Waals surface area contributed by atoms with E-state index in [-0.39, 0.29) is 29.8 Å². The molecule has 1 saturated heterocycles. The molecule has 27 heavy (non-hydrogen) atoms. The van der Waals surface area contributed by atoms with E-state index in [1.165, 1.54) is 17.7 Å². The van der Waals surface area contributed by atoms with E-state index in [1.54, 1.807) is 12.1 Å². The van der Waals surface area contributed by atoms with Gasteiger partial charge in [0.1, 0.15) is 0 Å². The zero-order chi connectivity index (χ0) is 19.0. The molecule has 2 aliphatic rings. The first-order valence-corrected chi connectivity index (χ1v) is 10.6. The van der Waals surface area contributed by atoms with Gasteiger partial charge in [-0.1, -0.05) is 24.3 Å². The molecule has 4 rings (SSSR count). The number of hydrogen-bond donors (Lipinski definition) is 1. The van der Waals surface area contributed by atoms with Gasteiger partial charge in [0.05, 0.1) is 17.5 Å². The number of anilines is 1. The summed E-state index contributed by atoms with van der Waals surface area (Å²) in [5, 5.41) is 3.07. The molecule has 1 fully saturated rings. The molecule has 2 aromatic carbocycles. The molecule has 6 nitrogen and oxygen atoms in total. The fourth-order valence-electron chi connectivity index (χ4n) is 3.76. The lowest BCUT2D eigenvalue weighted by molar-refractivity contribution is -0.116. The third-order valence-corrected chi connectivity index (χ3v) is 6.81. The van der Waals surface area contributed by atoms with Gasteiger partial charge in [0.2, 0.25) is 15.9 Å². The van der Waals surface area contributed by atoms with Crippen molar-refractivity contribution in [3.8, 4) is 0 Å². The van der Waals surface area contributed by atoms with Crippen LogP contribution in [-0.2, 0) is 21.2 Å². The van der Waals surface area contributed by atoms with Gasteiger partial charge in [-0.3, -0.25) is 9.59 Å². The number of sulfonamides is 1. The Kier molecular flexibility index (Phi) is 4.47. The van der Waals surface area contributed by atoms with Gasteiger partial charge in [-0.25, -0.2) is 12.7 Å². The van der Waals surface area contributed by atoms with Crippen LogP contribution in [0, 0.1) is 0 Å². The number of carbonyl (C=O) groups is 2. The molecule has 0 saturated carbocycles. The Balaban J connectivity index is 1.52. The lowest BCUT2D eigenvalue weighted by Gasteiger charge is -2.26. The molecule has 1 unspecified atom stereocenters. The van der Waals surface area contributed by atoms with Crippen LogP contribution in [0.5, 0.6) is 0 Å². The predicted molar refractivity (Wildman–Crippen MR) is 102 cm³/mol. The van der Waals surface area contributed by atoms with Crippen LogP contribution >= 0.6 is 0 Å². The summed E-state index contributed by atoms with van der Waals surface area (Å²) in [6.45, 7) is 0. The van der Waals surface area contributed by atoms with E-state index in [0.717, 1.165) is 29.1 Å². The highest BCUT2D eigenvalue weighted by Crippen LogP contribution is 2.30. The van der Waals surface area contributed by atoms with Crippen molar-refractivity contribution in [2.75, 3.05) is 10.1 Å². The van der Waals surface area contributed by atoms with Crippen LogP contribution in [-0.4, -0.2) is 26.0 Å². The lowest BCUT2D eigenvalue weighted by atomic mass is 9.87. The number of amides is 2. The number of nitrogens with one attached hydrogen (secondary N) is 1. The van der Waals surface area contributed by atoms with Crippen molar-refractivity contribution >= 4 is 27.5 Å². The van der Waals surface area contributed by atoms with E-state index < -0.39 is 15.9 Å². The van der Waals surface area contributed by atoms with Gasteiger partial charge in [0.25, 0.3) is 5.91 Å². The van der Waals surface area contributed by atoms with E-state index in [0.29, 0.717) is 5.56 Å². The van der Waals surface area contributed by atoms with Crippen molar-refractivity contribution in [1.82, 2.24) is 5.32 Å². The van der Waals surface area contributed by atoms with E-state index in [1.807, 2.05) is 18.2 Å². The average molecular weight is 384 g/mol. The van der Waals surface area contributed by atoms with Gasteiger partial charge in [-0.15, -0.1) is 0 Å². The van der Waals surface area contributed by atoms with Gasteiger partial charge in [0, 0.05) is 12.0 Å². The molecule has 140 valence electrons. The number of rotatable bonds is 3. The van der Waals surface area contributed by atoms with Crippen LogP contribution in [0.2, 0.25) is 0 Å². The van der Waals surface area contributed by atoms with Gasteiger partial charge >= 0.3 is 0 Å². The number of benzene rings is 2. The first-order valence-electron chi connectivity index (χ1n) is 9.00. The zero-order valence-corrected chi connectivity index (χ0v) is 15.5. The minimum atomic E-state index is -3.60. The number of hydrogen-bond acceptors (Lipinski definition) is 4. The first-order chi connectivity index (χ1) is 13.0. The third kappa shape index (κ3) is 3.35. The highest BCUT2D eigenvalue weighted by molar-refractivity contribution is 7.94. The molecular formula is C20H20N2O4S. The van der Waals surface area contributed by atoms with Crippen molar-refractivity contribution in [3.63, 3.8) is 0 Å². The van der Waals surface area contributed by atoms with Crippen molar-refractivity contribution < 1.29 is 18.0 Å². The maximum atomic E-state index is 12.6. The Morgan fingerprint density at radius 3 is 2.48 bits per heavy atom.